The van der Waals surface area contributed by atoms with E-state index in [0.29, 0.717) is 0 Å². The molecule has 4 atom stereocenters. The van der Waals surface area contributed by atoms with Crippen molar-refractivity contribution in [3.63, 3.8) is 0 Å². The van der Waals surface area contributed by atoms with Crippen molar-refractivity contribution >= 4 is 23.2 Å². The van der Waals surface area contributed by atoms with E-state index in [4.69, 9.17) is 0 Å². The molecule has 0 spiro atoms. The molecule has 0 N–H and O–H groups in total. The zero-order valence-corrected chi connectivity index (χ0v) is 11.0. The highest BCUT2D eigenvalue weighted by molar-refractivity contribution is 6.23. The number of amides is 2. The van der Waals surface area contributed by atoms with Crippen LogP contribution in [0, 0.1) is 33.8 Å². The van der Waals surface area contributed by atoms with E-state index in [2.05, 4.69) is 0 Å². The lowest BCUT2D eigenvalue weighted by molar-refractivity contribution is -0.384. The van der Waals surface area contributed by atoms with E-state index in [9.17, 15) is 19.7 Å². The Morgan fingerprint density at radius 2 is 1.62 bits per heavy atom. The van der Waals surface area contributed by atoms with Crippen molar-refractivity contribution in [3.05, 3.63) is 46.5 Å². The summed E-state index contributed by atoms with van der Waals surface area (Å²) < 4.78 is 0. The molecule has 2 amide bonds. The second-order valence-corrected chi connectivity index (χ2v) is 5.76. The van der Waals surface area contributed by atoms with Crippen molar-refractivity contribution in [1.82, 2.24) is 0 Å². The predicted octanol–water partition coefficient (Wildman–Crippen LogP) is 1.91. The van der Waals surface area contributed by atoms with Gasteiger partial charge in [-0.2, -0.15) is 0 Å². The molecule has 1 aliphatic heterocycles. The number of rotatable bonds is 2. The molecule has 106 valence electrons. The van der Waals surface area contributed by atoms with Gasteiger partial charge in [0.15, 0.2) is 0 Å². The summed E-state index contributed by atoms with van der Waals surface area (Å²) in [6.07, 6.45) is 4.84. The minimum atomic E-state index is -0.559. The number of para-hydroxylation sites is 2. The molecule has 0 aromatic heterocycles. The Kier molecular flexibility index (Phi) is 2.34. The Labute approximate surface area is 120 Å². The van der Waals surface area contributed by atoms with Gasteiger partial charge in [-0.05, 0) is 24.3 Å². The minimum Gasteiger partial charge on any atom is -0.274 e. The van der Waals surface area contributed by atoms with Crippen molar-refractivity contribution in [2.75, 3.05) is 4.90 Å². The molecular formula is C15H12N2O4. The highest BCUT2D eigenvalue weighted by Crippen LogP contribution is 2.53. The van der Waals surface area contributed by atoms with E-state index in [1.807, 2.05) is 12.2 Å². The third-order valence-electron chi connectivity index (χ3n) is 4.79. The molecule has 21 heavy (non-hydrogen) atoms. The average molecular weight is 284 g/mol. The molecule has 1 aromatic rings. The van der Waals surface area contributed by atoms with Crippen LogP contribution < -0.4 is 4.90 Å². The third kappa shape index (κ3) is 1.47. The molecule has 1 aromatic carbocycles. The summed E-state index contributed by atoms with van der Waals surface area (Å²) >= 11 is 0. The fraction of sp³-hybridized carbons (Fsp3) is 0.333. The summed E-state index contributed by atoms with van der Waals surface area (Å²) in [5.41, 5.74) is -0.120. The number of allylic oxidation sites excluding steroid dienone is 2. The van der Waals surface area contributed by atoms with Crippen LogP contribution in [0.2, 0.25) is 0 Å². The number of nitrogens with zero attached hydrogens (tertiary/aromatic N) is 2. The molecule has 1 saturated heterocycles. The molecule has 6 heteroatoms. The minimum absolute atomic E-state index is 0.0892. The van der Waals surface area contributed by atoms with Crippen LogP contribution in [-0.2, 0) is 9.59 Å². The van der Waals surface area contributed by atoms with Gasteiger partial charge in [0.2, 0.25) is 11.8 Å². The molecule has 1 heterocycles. The van der Waals surface area contributed by atoms with Crippen molar-refractivity contribution < 1.29 is 14.5 Å². The number of fused-ring (bicyclic) bond motifs is 5. The summed E-state index contributed by atoms with van der Waals surface area (Å²) in [5.74, 6) is -1.07. The maximum Gasteiger partial charge on any atom is 0.293 e. The number of carbonyl (C=O) groups is 2. The molecule has 0 unspecified atom stereocenters. The van der Waals surface area contributed by atoms with E-state index in [1.165, 1.54) is 18.2 Å². The molecule has 2 aliphatic carbocycles. The number of nitro benzene ring substituents is 1. The molecule has 1 saturated carbocycles. The second-order valence-electron chi connectivity index (χ2n) is 5.76. The van der Waals surface area contributed by atoms with Crippen LogP contribution in [0.15, 0.2) is 36.4 Å². The van der Waals surface area contributed by atoms with Gasteiger partial charge in [0.05, 0.1) is 16.8 Å². The maximum atomic E-state index is 12.6. The molecule has 4 rings (SSSR count). The first-order valence-electron chi connectivity index (χ1n) is 6.89. The van der Waals surface area contributed by atoms with Gasteiger partial charge in [0.1, 0.15) is 5.69 Å². The lowest BCUT2D eigenvalue weighted by Gasteiger charge is -2.16. The Hall–Kier alpha value is -2.50. The largest absolute Gasteiger partial charge is 0.293 e. The standard InChI is InChI=1S/C15H12N2O4/c18-14-12-8-5-6-9(7-8)13(12)15(19)16(14)10-3-1-2-4-11(10)17(20)21/h1-6,8-9,12-13H,7H2/t8-,9+,12-,13+. The van der Waals surface area contributed by atoms with Crippen LogP contribution in [0.3, 0.4) is 0 Å². The fourth-order valence-corrected chi connectivity index (χ4v) is 3.95. The highest BCUT2D eigenvalue weighted by Gasteiger charge is 2.60. The number of nitro groups is 1. The molecule has 6 nitrogen and oxygen atoms in total. The van der Waals surface area contributed by atoms with Crippen LogP contribution >= 0.6 is 0 Å². The number of benzene rings is 1. The smallest absolute Gasteiger partial charge is 0.274 e. The molecule has 3 aliphatic rings. The second kappa shape index (κ2) is 4.00. The van der Waals surface area contributed by atoms with Crippen LogP contribution in [0.4, 0.5) is 11.4 Å². The van der Waals surface area contributed by atoms with Gasteiger partial charge >= 0.3 is 0 Å². The normalized spacial score (nSPS) is 32.9. The van der Waals surface area contributed by atoms with Crippen molar-refractivity contribution in [2.45, 2.75) is 6.42 Å². The summed E-state index contributed by atoms with van der Waals surface area (Å²) in [4.78, 5) is 36.8. The quantitative estimate of drug-likeness (QED) is 0.359. The van der Waals surface area contributed by atoms with E-state index in [1.54, 1.807) is 6.07 Å². The van der Waals surface area contributed by atoms with E-state index < -0.39 is 4.92 Å². The first-order valence-corrected chi connectivity index (χ1v) is 6.89. The predicted molar refractivity (Wildman–Crippen MR) is 73.3 cm³/mol. The topological polar surface area (TPSA) is 80.5 Å². The van der Waals surface area contributed by atoms with E-state index in [0.717, 1.165) is 11.3 Å². The van der Waals surface area contributed by atoms with Crippen LogP contribution in [0.25, 0.3) is 0 Å². The Bertz CT molecular complexity index is 681. The molecule has 2 bridgehead atoms. The summed E-state index contributed by atoms with van der Waals surface area (Å²) in [6.45, 7) is 0. The van der Waals surface area contributed by atoms with Gasteiger partial charge in [-0.25, -0.2) is 4.90 Å². The summed E-state index contributed by atoms with van der Waals surface area (Å²) in [5, 5.41) is 11.1. The maximum absolute atomic E-state index is 12.6. The van der Waals surface area contributed by atoms with E-state index in [-0.39, 0.29) is 46.9 Å². The van der Waals surface area contributed by atoms with Gasteiger partial charge < -0.3 is 0 Å². The van der Waals surface area contributed by atoms with Gasteiger partial charge in [0.25, 0.3) is 5.69 Å². The molecule has 0 radical (unpaired) electrons. The highest BCUT2D eigenvalue weighted by atomic mass is 16.6. The van der Waals surface area contributed by atoms with Crippen molar-refractivity contribution in [3.8, 4) is 0 Å². The lowest BCUT2D eigenvalue weighted by atomic mass is 9.85. The van der Waals surface area contributed by atoms with Gasteiger partial charge in [-0.1, -0.05) is 24.3 Å². The first kappa shape index (κ1) is 12.3. The number of carbonyl (C=O) groups excluding carboxylic acids is 2. The summed E-state index contributed by atoms with van der Waals surface area (Å²) in [6, 6.07) is 5.91. The Morgan fingerprint density at radius 3 is 2.19 bits per heavy atom. The van der Waals surface area contributed by atoms with Gasteiger partial charge in [-0.3, -0.25) is 19.7 Å². The van der Waals surface area contributed by atoms with Gasteiger partial charge in [0, 0.05) is 6.07 Å². The van der Waals surface area contributed by atoms with Crippen LogP contribution in [0.5, 0.6) is 0 Å². The zero-order valence-electron chi connectivity index (χ0n) is 11.0. The number of hydrogen-bond donors (Lipinski definition) is 0. The zero-order chi connectivity index (χ0) is 14.7. The summed E-state index contributed by atoms with van der Waals surface area (Å²) in [7, 11) is 0. The Morgan fingerprint density at radius 1 is 1.05 bits per heavy atom. The SMILES string of the molecule is O=C1[C@@H]2[C@H](C(=O)N1c1ccccc1[N+](=O)[O-])[C@@H]1C=C[C@H]2C1. The average Bonchev–Trinajstić information content (AvgIpc) is 3.13. The number of imide groups is 1. The van der Waals surface area contributed by atoms with E-state index >= 15 is 0 Å². The first-order chi connectivity index (χ1) is 10.1. The van der Waals surface area contributed by atoms with Gasteiger partial charge in [-0.15, -0.1) is 0 Å². The number of anilines is 1. The van der Waals surface area contributed by atoms with Crippen LogP contribution in [-0.4, -0.2) is 16.7 Å². The van der Waals surface area contributed by atoms with Crippen molar-refractivity contribution in [2.24, 2.45) is 23.7 Å². The monoisotopic (exact) mass is 284 g/mol. The van der Waals surface area contributed by atoms with Crippen LogP contribution in [0.1, 0.15) is 6.42 Å². The Balaban J connectivity index is 1.80. The molecule has 2 fully saturated rings. The van der Waals surface area contributed by atoms with Crippen molar-refractivity contribution in [1.29, 1.82) is 0 Å². The third-order valence-corrected chi connectivity index (χ3v) is 4.79. The molecular weight excluding hydrogens is 272 g/mol. The number of hydrogen-bond acceptors (Lipinski definition) is 4. The lowest BCUT2D eigenvalue weighted by Crippen LogP contribution is -2.33. The fourth-order valence-electron chi connectivity index (χ4n) is 3.95.